The van der Waals surface area contributed by atoms with Crippen LogP contribution in [0.15, 0.2) is 24.4 Å². The van der Waals surface area contributed by atoms with Crippen LogP contribution in [0.4, 0.5) is 13.2 Å². The molecule has 0 saturated carbocycles. The van der Waals surface area contributed by atoms with Crippen molar-refractivity contribution in [2.45, 2.75) is 83.9 Å². The molecule has 2 rings (SSSR count). The number of aryl methyl sites for hydroxylation is 1. The molecule has 0 aliphatic rings. The van der Waals surface area contributed by atoms with Crippen LogP contribution in [0.1, 0.15) is 81.5 Å². The molecule has 1 aromatic heterocycles. The lowest BCUT2D eigenvalue weighted by Crippen LogP contribution is -2.06. The molecule has 168 valence electrons. The maximum Gasteiger partial charge on any atom is 0.389 e. The number of ether oxygens (including phenoxy) is 1. The quantitative estimate of drug-likeness (QED) is 0.324. The van der Waals surface area contributed by atoms with E-state index in [1.807, 2.05) is 22.8 Å². The summed E-state index contributed by atoms with van der Waals surface area (Å²) in [5.41, 5.74) is 1.12. The van der Waals surface area contributed by atoms with Gasteiger partial charge >= 0.3 is 12.1 Å². The molecule has 0 fully saturated rings. The lowest BCUT2D eigenvalue weighted by Gasteiger charge is -2.11. The Bertz CT molecular complexity index is 799. The summed E-state index contributed by atoms with van der Waals surface area (Å²) in [4.78, 5) is 11.6. The zero-order valence-corrected chi connectivity index (χ0v) is 17.6. The fraction of sp³-hybridized carbons (Fsp3) is 0.609. The Morgan fingerprint density at radius 3 is 2.33 bits per heavy atom. The maximum absolute atomic E-state index is 12.1. The van der Waals surface area contributed by atoms with Crippen LogP contribution in [-0.2, 0) is 6.54 Å². The van der Waals surface area contributed by atoms with E-state index in [0.29, 0.717) is 24.2 Å². The Hall–Kier alpha value is -2.18. The molecule has 1 N–H and O–H groups in total. The van der Waals surface area contributed by atoms with Gasteiger partial charge < -0.3 is 14.4 Å². The molecule has 0 radical (unpaired) electrons. The molecule has 4 nitrogen and oxygen atoms in total. The van der Waals surface area contributed by atoms with Crippen molar-refractivity contribution in [1.82, 2.24) is 4.57 Å². The van der Waals surface area contributed by atoms with Crippen LogP contribution in [0.5, 0.6) is 5.75 Å². The Morgan fingerprint density at radius 2 is 1.70 bits per heavy atom. The number of hydrogen-bond acceptors (Lipinski definition) is 2. The van der Waals surface area contributed by atoms with Crippen LogP contribution in [-0.4, -0.2) is 28.4 Å². The smallest absolute Gasteiger partial charge is 0.389 e. The number of aromatic carboxylic acids is 1. The monoisotopic (exact) mass is 427 g/mol. The van der Waals surface area contributed by atoms with E-state index < -0.39 is 18.6 Å². The molecule has 1 aromatic carbocycles. The predicted octanol–water partition coefficient (Wildman–Crippen LogP) is 7.20. The van der Waals surface area contributed by atoms with Crippen molar-refractivity contribution in [2.75, 3.05) is 6.61 Å². The highest BCUT2D eigenvalue weighted by atomic mass is 19.4. The van der Waals surface area contributed by atoms with Crippen LogP contribution < -0.4 is 4.74 Å². The van der Waals surface area contributed by atoms with Gasteiger partial charge in [0, 0.05) is 24.5 Å². The van der Waals surface area contributed by atoms with Gasteiger partial charge in [-0.15, -0.1) is 0 Å². The number of halogens is 3. The summed E-state index contributed by atoms with van der Waals surface area (Å²) in [6.07, 6.45) is 4.36. The van der Waals surface area contributed by atoms with Crippen molar-refractivity contribution in [3.63, 3.8) is 0 Å². The van der Waals surface area contributed by atoms with E-state index in [9.17, 15) is 23.1 Å². The van der Waals surface area contributed by atoms with Gasteiger partial charge in [-0.1, -0.05) is 57.6 Å². The number of unbranched alkanes of at least 4 members (excludes halogenated alkanes) is 7. The number of carboxylic acids is 1. The van der Waals surface area contributed by atoms with Gasteiger partial charge in [-0.05, 0) is 25.3 Å². The number of carbonyl (C=O) groups is 1. The summed E-state index contributed by atoms with van der Waals surface area (Å²) in [6, 6.07) is 5.50. The van der Waals surface area contributed by atoms with Crippen LogP contribution in [0, 0.1) is 0 Å². The third kappa shape index (κ3) is 7.58. The number of benzene rings is 1. The SMILES string of the molecule is CCCCn1cc(C(=O)O)c2cccc(OCCCCCCCCCC(F)(F)F)c21. The maximum atomic E-state index is 12.1. The minimum Gasteiger partial charge on any atom is -0.491 e. The second-order valence-electron chi connectivity index (χ2n) is 7.74. The number of alkyl halides is 3. The summed E-state index contributed by atoms with van der Waals surface area (Å²) < 4.78 is 44.2. The molecule has 7 heteroatoms. The van der Waals surface area contributed by atoms with Crippen molar-refractivity contribution >= 4 is 16.9 Å². The highest BCUT2D eigenvalue weighted by molar-refractivity contribution is 6.05. The third-order valence-corrected chi connectivity index (χ3v) is 5.21. The Labute approximate surface area is 176 Å². The summed E-state index contributed by atoms with van der Waals surface area (Å²) in [7, 11) is 0. The fourth-order valence-corrected chi connectivity index (χ4v) is 3.61. The van der Waals surface area contributed by atoms with E-state index in [1.165, 1.54) is 0 Å². The normalized spacial score (nSPS) is 11.9. The molecule has 0 aliphatic carbocycles. The molecule has 0 bridgehead atoms. The van der Waals surface area contributed by atoms with E-state index in [4.69, 9.17) is 4.74 Å². The van der Waals surface area contributed by atoms with Gasteiger partial charge in [0.2, 0.25) is 0 Å². The molecule has 0 aliphatic heterocycles. The zero-order valence-electron chi connectivity index (χ0n) is 17.6. The number of nitrogens with zero attached hydrogens (tertiary/aromatic N) is 1. The Morgan fingerprint density at radius 1 is 1.03 bits per heavy atom. The van der Waals surface area contributed by atoms with Crippen molar-refractivity contribution in [2.24, 2.45) is 0 Å². The average Bonchev–Trinajstić information content (AvgIpc) is 3.06. The molecule has 30 heavy (non-hydrogen) atoms. The van der Waals surface area contributed by atoms with Crippen molar-refractivity contribution in [3.05, 3.63) is 30.0 Å². The fourth-order valence-electron chi connectivity index (χ4n) is 3.61. The first-order chi connectivity index (χ1) is 14.3. The second-order valence-corrected chi connectivity index (χ2v) is 7.74. The minimum absolute atomic E-state index is 0.215. The molecule has 2 aromatic rings. The van der Waals surface area contributed by atoms with E-state index in [2.05, 4.69) is 6.92 Å². The highest BCUT2D eigenvalue weighted by Crippen LogP contribution is 2.31. The average molecular weight is 428 g/mol. The first-order valence-corrected chi connectivity index (χ1v) is 10.9. The molecule has 0 atom stereocenters. The van der Waals surface area contributed by atoms with E-state index >= 15 is 0 Å². The lowest BCUT2D eigenvalue weighted by molar-refractivity contribution is -0.135. The summed E-state index contributed by atoms with van der Waals surface area (Å²) in [5.74, 6) is -0.245. The minimum atomic E-state index is -4.04. The molecule has 0 saturated heterocycles. The molecule has 0 spiro atoms. The Kier molecular flexibility index (Phi) is 9.53. The first kappa shape index (κ1) is 24.1. The molecule has 0 unspecified atom stereocenters. The summed E-state index contributed by atoms with van der Waals surface area (Å²) in [6.45, 7) is 3.38. The van der Waals surface area contributed by atoms with E-state index in [0.717, 1.165) is 57.0 Å². The second kappa shape index (κ2) is 11.9. The van der Waals surface area contributed by atoms with E-state index in [1.54, 1.807) is 6.20 Å². The van der Waals surface area contributed by atoms with Gasteiger partial charge in [-0.2, -0.15) is 13.2 Å². The molecule has 1 heterocycles. The predicted molar refractivity (Wildman–Crippen MR) is 112 cm³/mol. The number of fused-ring (bicyclic) bond motifs is 1. The topological polar surface area (TPSA) is 51.5 Å². The van der Waals surface area contributed by atoms with Gasteiger partial charge in [0.1, 0.15) is 5.75 Å². The van der Waals surface area contributed by atoms with Gasteiger partial charge in [-0.3, -0.25) is 0 Å². The van der Waals surface area contributed by atoms with Crippen LogP contribution in [0.25, 0.3) is 10.9 Å². The molecular formula is C23H32F3NO3. The first-order valence-electron chi connectivity index (χ1n) is 10.9. The summed E-state index contributed by atoms with van der Waals surface area (Å²) >= 11 is 0. The third-order valence-electron chi connectivity index (χ3n) is 5.21. The number of carboxylic acid groups (broad SMARTS) is 1. The van der Waals surface area contributed by atoms with Gasteiger partial charge in [0.05, 0.1) is 17.7 Å². The van der Waals surface area contributed by atoms with Gasteiger partial charge in [0.15, 0.2) is 0 Å². The van der Waals surface area contributed by atoms with Gasteiger partial charge in [0.25, 0.3) is 0 Å². The molecule has 0 amide bonds. The zero-order chi connectivity index (χ0) is 22.0. The lowest BCUT2D eigenvalue weighted by atomic mass is 10.1. The number of rotatable bonds is 14. The van der Waals surface area contributed by atoms with E-state index in [-0.39, 0.29) is 12.0 Å². The molecular weight excluding hydrogens is 395 g/mol. The van der Waals surface area contributed by atoms with Crippen LogP contribution >= 0.6 is 0 Å². The highest BCUT2D eigenvalue weighted by Gasteiger charge is 2.25. The van der Waals surface area contributed by atoms with Crippen molar-refractivity contribution < 1.29 is 27.8 Å². The Balaban J connectivity index is 1.80. The number of aromatic nitrogens is 1. The standard InChI is InChI=1S/C23H32F3NO3/c1-2-3-15-27-17-19(22(28)29)18-12-11-13-20(21(18)27)30-16-10-8-6-4-5-7-9-14-23(24,25)26/h11-13,17H,2-10,14-16H2,1H3,(H,28,29). The van der Waals surface area contributed by atoms with Gasteiger partial charge in [-0.25, -0.2) is 4.79 Å². The summed E-state index contributed by atoms with van der Waals surface area (Å²) in [5, 5.41) is 10.2. The largest absolute Gasteiger partial charge is 0.491 e. The van der Waals surface area contributed by atoms with Crippen LogP contribution in [0.3, 0.4) is 0 Å². The number of hydrogen-bond donors (Lipinski definition) is 1. The van der Waals surface area contributed by atoms with Crippen molar-refractivity contribution in [3.8, 4) is 5.75 Å². The van der Waals surface area contributed by atoms with Crippen molar-refractivity contribution in [1.29, 1.82) is 0 Å². The van der Waals surface area contributed by atoms with Crippen LogP contribution in [0.2, 0.25) is 0 Å². The number of para-hydroxylation sites is 1.